The first-order valence-electron chi connectivity index (χ1n) is 2.34. The predicted octanol–water partition coefficient (Wildman–Crippen LogP) is -0.702. The minimum absolute atomic E-state index is 0.340. The van der Waals surface area contributed by atoms with Gasteiger partial charge in [0, 0.05) is 12.3 Å². The molecule has 45 valence electrons. The van der Waals surface area contributed by atoms with Crippen molar-refractivity contribution in [3.05, 3.63) is 5.37 Å². The van der Waals surface area contributed by atoms with Crippen LogP contribution in [0.25, 0.3) is 0 Å². The number of amides is 1. The molecule has 1 saturated heterocycles. The van der Waals surface area contributed by atoms with Gasteiger partial charge in [0.05, 0.1) is 0 Å². The predicted molar refractivity (Wildman–Crippen MR) is 32.9 cm³/mol. The summed E-state index contributed by atoms with van der Waals surface area (Å²) in [4.78, 5) is 10.3. The van der Waals surface area contributed by atoms with Gasteiger partial charge in [-0.2, -0.15) is 0 Å². The van der Waals surface area contributed by atoms with E-state index >= 15 is 0 Å². The Hall–Kier alpha value is -0.220. The van der Waals surface area contributed by atoms with Crippen LogP contribution in [-0.2, 0) is 4.79 Å². The maximum Gasteiger partial charge on any atom is 0.251 e. The zero-order valence-electron chi connectivity index (χ0n) is 4.31. The molecule has 1 radical (unpaired) electrons. The fourth-order valence-electron chi connectivity index (χ4n) is 0.527. The van der Waals surface area contributed by atoms with Gasteiger partial charge in [0.1, 0.15) is 0 Å². The molecule has 0 aromatic heterocycles. The molecular formula is C4H7N2OS. The number of thioether (sulfide) groups is 1. The first-order chi connectivity index (χ1) is 3.80. The minimum Gasteiger partial charge on any atom is -0.367 e. The van der Waals surface area contributed by atoms with Gasteiger partial charge in [-0.1, -0.05) is 0 Å². The molecule has 1 amide bonds. The lowest BCUT2D eigenvalue weighted by molar-refractivity contribution is -0.115. The summed E-state index contributed by atoms with van der Waals surface area (Å²) in [6.45, 7) is 0.864. The summed E-state index contributed by atoms with van der Waals surface area (Å²) in [6, 6.07) is 0. The van der Waals surface area contributed by atoms with E-state index < -0.39 is 0 Å². The fraction of sp³-hybridized carbons (Fsp3) is 0.500. The van der Waals surface area contributed by atoms with Gasteiger partial charge in [0.2, 0.25) is 0 Å². The van der Waals surface area contributed by atoms with E-state index in [0.717, 1.165) is 12.3 Å². The van der Waals surface area contributed by atoms with Gasteiger partial charge in [0.25, 0.3) is 5.91 Å². The van der Waals surface area contributed by atoms with Crippen molar-refractivity contribution >= 4 is 17.7 Å². The van der Waals surface area contributed by atoms with Crippen LogP contribution in [-0.4, -0.2) is 18.2 Å². The molecule has 0 aromatic carbocycles. The SMILES string of the molecule is NC(=O)[C]1NCCS1. The second-order valence-corrected chi connectivity index (χ2v) is 2.57. The Bertz CT molecular complexity index is 100. The lowest BCUT2D eigenvalue weighted by atomic mass is 10.6. The highest BCUT2D eigenvalue weighted by molar-refractivity contribution is 8.03. The molecule has 1 aliphatic heterocycles. The third-order valence-corrected chi connectivity index (χ3v) is 1.90. The van der Waals surface area contributed by atoms with Crippen molar-refractivity contribution in [2.45, 2.75) is 0 Å². The second-order valence-electron chi connectivity index (χ2n) is 1.47. The van der Waals surface area contributed by atoms with E-state index in [-0.39, 0.29) is 5.91 Å². The quantitative estimate of drug-likeness (QED) is 0.494. The zero-order chi connectivity index (χ0) is 5.98. The number of primary amides is 1. The summed E-state index contributed by atoms with van der Waals surface area (Å²) >= 11 is 1.48. The van der Waals surface area contributed by atoms with Gasteiger partial charge in [-0.3, -0.25) is 10.1 Å². The van der Waals surface area contributed by atoms with Gasteiger partial charge in [-0.25, -0.2) is 0 Å². The molecule has 1 aliphatic rings. The summed E-state index contributed by atoms with van der Waals surface area (Å²) in [5.74, 6) is 0.616. The molecule has 0 spiro atoms. The third-order valence-electron chi connectivity index (χ3n) is 0.858. The Balaban J connectivity index is 2.35. The summed E-state index contributed by atoms with van der Waals surface area (Å²) in [6.07, 6.45) is 0. The second kappa shape index (κ2) is 2.37. The van der Waals surface area contributed by atoms with Gasteiger partial charge < -0.3 is 5.73 Å². The number of hydrogen-bond donors (Lipinski definition) is 2. The maximum absolute atomic E-state index is 10.3. The number of nitrogens with two attached hydrogens (primary N) is 1. The lowest BCUT2D eigenvalue weighted by Gasteiger charge is -1.98. The molecular weight excluding hydrogens is 124 g/mol. The Kier molecular flexibility index (Phi) is 1.75. The van der Waals surface area contributed by atoms with Crippen LogP contribution in [0.3, 0.4) is 0 Å². The van der Waals surface area contributed by atoms with Crippen LogP contribution in [0, 0.1) is 5.37 Å². The van der Waals surface area contributed by atoms with E-state index in [1.807, 2.05) is 0 Å². The normalized spacial score (nSPS) is 21.5. The van der Waals surface area contributed by atoms with Crippen LogP contribution in [0.1, 0.15) is 0 Å². The lowest BCUT2D eigenvalue weighted by Crippen LogP contribution is -2.26. The van der Waals surface area contributed by atoms with Gasteiger partial charge in [0.15, 0.2) is 5.37 Å². The van der Waals surface area contributed by atoms with Crippen molar-refractivity contribution in [1.29, 1.82) is 0 Å². The molecule has 0 saturated carbocycles. The van der Waals surface area contributed by atoms with Crippen molar-refractivity contribution in [2.75, 3.05) is 12.3 Å². The highest BCUT2D eigenvalue weighted by atomic mass is 32.2. The number of hydrogen-bond acceptors (Lipinski definition) is 3. The summed E-state index contributed by atoms with van der Waals surface area (Å²) in [5, 5.41) is 3.46. The average molecular weight is 131 g/mol. The van der Waals surface area contributed by atoms with Crippen LogP contribution in [0.4, 0.5) is 0 Å². The fourth-order valence-corrected chi connectivity index (χ4v) is 1.28. The largest absolute Gasteiger partial charge is 0.367 e. The number of carbonyl (C=O) groups excluding carboxylic acids is 1. The molecule has 0 bridgehead atoms. The van der Waals surface area contributed by atoms with Crippen molar-refractivity contribution in [1.82, 2.24) is 5.32 Å². The molecule has 0 unspecified atom stereocenters. The number of rotatable bonds is 1. The molecule has 3 N–H and O–H groups in total. The van der Waals surface area contributed by atoms with Crippen LogP contribution in [0.2, 0.25) is 0 Å². The highest BCUT2D eigenvalue weighted by Gasteiger charge is 2.20. The van der Waals surface area contributed by atoms with Crippen molar-refractivity contribution < 1.29 is 4.79 Å². The number of carbonyl (C=O) groups is 1. The third kappa shape index (κ3) is 1.14. The molecule has 8 heavy (non-hydrogen) atoms. The molecule has 4 heteroatoms. The Morgan fingerprint density at radius 2 is 2.62 bits per heavy atom. The van der Waals surface area contributed by atoms with Crippen molar-refractivity contribution in [3.8, 4) is 0 Å². The Morgan fingerprint density at radius 1 is 1.88 bits per heavy atom. The average Bonchev–Trinajstić information content (AvgIpc) is 2.12. The first kappa shape index (κ1) is 5.91. The van der Waals surface area contributed by atoms with Gasteiger partial charge in [-0.15, -0.1) is 11.8 Å². The van der Waals surface area contributed by atoms with E-state index in [1.54, 1.807) is 0 Å². The number of nitrogens with one attached hydrogen (secondary N) is 1. The first-order valence-corrected chi connectivity index (χ1v) is 3.32. The van der Waals surface area contributed by atoms with E-state index in [1.165, 1.54) is 11.8 Å². The zero-order valence-corrected chi connectivity index (χ0v) is 5.12. The highest BCUT2D eigenvalue weighted by Crippen LogP contribution is 2.19. The van der Waals surface area contributed by atoms with E-state index in [0.29, 0.717) is 5.37 Å². The molecule has 0 aromatic rings. The van der Waals surface area contributed by atoms with Crippen LogP contribution in [0.15, 0.2) is 0 Å². The van der Waals surface area contributed by atoms with E-state index in [2.05, 4.69) is 5.32 Å². The van der Waals surface area contributed by atoms with E-state index in [4.69, 9.17) is 5.73 Å². The monoisotopic (exact) mass is 131 g/mol. The molecule has 1 fully saturated rings. The summed E-state index contributed by atoms with van der Waals surface area (Å²) in [7, 11) is 0. The van der Waals surface area contributed by atoms with E-state index in [9.17, 15) is 4.79 Å². The molecule has 0 atom stereocenters. The Morgan fingerprint density at radius 3 is 2.88 bits per heavy atom. The Labute approximate surface area is 52.0 Å². The summed E-state index contributed by atoms with van der Waals surface area (Å²) in [5.41, 5.74) is 4.94. The van der Waals surface area contributed by atoms with Crippen LogP contribution in [0.5, 0.6) is 0 Å². The van der Waals surface area contributed by atoms with Crippen molar-refractivity contribution in [2.24, 2.45) is 5.73 Å². The maximum atomic E-state index is 10.3. The smallest absolute Gasteiger partial charge is 0.251 e. The molecule has 3 nitrogen and oxygen atoms in total. The topological polar surface area (TPSA) is 55.1 Å². The van der Waals surface area contributed by atoms with Crippen molar-refractivity contribution in [3.63, 3.8) is 0 Å². The van der Waals surface area contributed by atoms with Crippen LogP contribution < -0.4 is 11.1 Å². The molecule has 0 aliphatic carbocycles. The standard InChI is InChI=1S/C4H7N2OS/c5-3(7)4-6-1-2-8-4/h6H,1-2H2,(H2,5,7). The summed E-state index contributed by atoms with van der Waals surface area (Å²) < 4.78 is 0. The molecule has 1 rings (SSSR count). The minimum atomic E-state index is -0.340. The van der Waals surface area contributed by atoms with Gasteiger partial charge in [-0.05, 0) is 0 Å². The van der Waals surface area contributed by atoms with Gasteiger partial charge >= 0.3 is 0 Å². The van der Waals surface area contributed by atoms with Crippen LogP contribution >= 0.6 is 11.8 Å². The molecule has 1 heterocycles.